The lowest BCUT2D eigenvalue weighted by molar-refractivity contribution is -0.122. The van der Waals surface area contributed by atoms with Crippen molar-refractivity contribution >= 4 is 29.1 Å². The Bertz CT molecular complexity index is 1300. The lowest BCUT2D eigenvalue weighted by Crippen LogP contribution is -2.45. The van der Waals surface area contributed by atoms with Crippen LogP contribution < -0.4 is 5.32 Å². The van der Waals surface area contributed by atoms with Gasteiger partial charge in [-0.15, -0.1) is 0 Å². The Morgan fingerprint density at radius 2 is 1.83 bits per heavy atom. The van der Waals surface area contributed by atoms with Gasteiger partial charge in [0.05, 0.1) is 11.0 Å². The molecule has 1 aliphatic rings. The highest BCUT2D eigenvalue weighted by molar-refractivity contribution is 6.06. The van der Waals surface area contributed by atoms with Crippen LogP contribution in [0.5, 0.6) is 0 Å². The number of fused-ring (bicyclic) bond motifs is 1. The van der Waals surface area contributed by atoms with Crippen molar-refractivity contribution in [1.82, 2.24) is 30.0 Å². The molecule has 2 aromatic heterocycles. The fraction of sp³-hybridized carbons (Fsp3) is 0.308. The SMILES string of the molecule is Cc1cc(-c2nc3ccc(C(=O)Nc4ccc(CCN5CCN(C)CC5)cc4)cc3[nH]2)n[nH]1.O=CO. The quantitative estimate of drug-likeness (QED) is 0.306. The molecule has 1 amide bonds. The van der Waals surface area contributed by atoms with E-state index in [1.54, 1.807) is 6.07 Å². The molecule has 0 bridgehead atoms. The number of hydrogen-bond donors (Lipinski definition) is 4. The van der Waals surface area contributed by atoms with Gasteiger partial charge in [0.15, 0.2) is 5.82 Å². The average Bonchev–Trinajstić information content (AvgIpc) is 3.50. The van der Waals surface area contributed by atoms with E-state index in [9.17, 15) is 4.79 Å². The predicted octanol–water partition coefficient (Wildman–Crippen LogP) is 3.00. The summed E-state index contributed by atoms with van der Waals surface area (Å²) >= 11 is 0. The molecule has 2 aromatic carbocycles. The number of likely N-dealkylation sites (N-methyl/N-ethyl adjacent to an activating group) is 1. The van der Waals surface area contributed by atoms with E-state index in [0.717, 1.165) is 67.3 Å². The number of carboxylic acid groups (broad SMARTS) is 1. The van der Waals surface area contributed by atoms with Gasteiger partial charge in [-0.2, -0.15) is 5.10 Å². The van der Waals surface area contributed by atoms with E-state index < -0.39 is 0 Å². The molecule has 0 atom stereocenters. The van der Waals surface area contributed by atoms with Crippen molar-refractivity contribution in [1.29, 1.82) is 0 Å². The summed E-state index contributed by atoms with van der Waals surface area (Å²) in [6.45, 7) is 7.31. The van der Waals surface area contributed by atoms with Gasteiger partial charge in [0.1, 0.15) is 5.69 Å². The van der Waals surface area contributed by atoms with E-state index >= 15 is 0 Å². The number of amides is 1. The Hall–Kier alpha value is -4.02. The van der Waals surface area contributed by atoms with Gasteiger partial charge in [-0.05, 0) is 62.4 Å². The Balaban J connectivity index is 0.000000967. The van der Waals surface area contributed by atoms with Crippen molar-refractivity contribution in [3.63, 3.8) is 0 Å². The first kappa shape index (κ1) is 25.1. The third-order valence-electron chi connectivity index (χ3n) is 6.22. The van der Waals surface area contributed by atoms with Crippen LogP contribution in [0.15, 0.2) is 48.5 Å². The van der Waals surface area contributed by atoms with Gasteiger partial charge in [-0.25, -0.2) is 4.98 Å². The number of nitrogens with one attached hydrogen (secondary N) is 3. The van der Waals surface area contributed by atoms with Crippen LogP contribution in [-0.2, 0) is 11.2 Å². The monoisotopic (exact) mass is 489 g/mol. The molecule has 0 aliphatic carbocycles. The summed E-state index contributed by atoms with van der Waals surface area (Å²) in [6.07, 6.45) is 1.02. The summed E-state index contributed by atoms with van der Waals surface area (Å²) in [5, 5.41) is 17.0. The topological polar surface area (TPSA) is 130 Å². The third kappa shape index (κ3) is 6.35. The first-order valence-electron chi connectivity index (χ1n) is 11.9. The summed E-state index contributed by atoms with van der Waals surface area (Å²) in [5.74, 6) is 0.535. The number of H-pyrrole nitrogens is 2. The van der Waals surface area contributed by atoms with Crippen molar-refractivity contribution in [3.05, 3.63) is 65.4 Å². The number of aryl methyl sites for hydroxylation is 1. The van der Waals surface area contributed by atoms with Crippen molar-refractivity contribution < 1.29 is 14.7 Å². The first-order valence-corrected chi connectivity index (χ1v) is 11.9. The zero-order valence-corrected chi connectivity index (χ0v) is 20.5. The van der Waals surface area contributed by atoms with Gasteiger partial charge in [-0.3, -0.25) is 14.7 Å². The molecule has 5 rings (SSSR count). The number of carbonyl (C=O) groups is 2. The van der Waals surface area contributed by atoms with E-state index in [4.69, 9.17) is 9.90 Å². The smallest absolute Gasteiger partial charge is 0.290 e. The summed E-state index contributed by atoms with van der Waals surface area (Å²) in [6, 6.07) is 15.6. The summed E-state index contributed by atoms with van der Waals surface area (Å²) < 4.78 is 0. The predicted molar refractivity (Wildman–Crippen MR) is 139 cm³/mol. The second kappa shape index (κ2) is 11.6. The average molecular weight is 490 g/mol. The van der Waals surface area contributed by atoms with Gasteiger partial charge in [0.2, 0.25) is 0 Å². The normalized spacial score (nSPS) is 14.3. The summed E-state index contributed by atoms with van der Waals surface area (Å²) in [4.78, 5) is 33.9. The van der Waals surface area contributed by atoms with Gasteiger partial charge >= 0.3 is 0 Å². The van der Waals surface area contributed by atoms with Crippen LogP contribution in [0.4, 0.5) is 5.69 Å². The van der Waals surface area contributed by atoms with Gasteiger partial charge in [0, 0.05) is 49.7 Å². The van der Waals surface area contributed by atoms with Crippen LogP contribution in [0.2, 0.25) is 0 Å². The summed E-state index contributed by atoms with van der Waals surface area (Å²) in [7, 11) is 2.18. The molecule has 1 fully saturated rings. The number of aromatic amines is 2. The van der Waals surface area contributed by atoms with Crippen LogP contribution >= 0.6 is 0 Å². The molecule has 1 aliphatic heterocycles. The van der Waals surface area contributed by atoms with Crippen molar-refractivity contribution in [3.8, 4) is 11.5 Å². The van der Waals surface area contributed by atoms with E-state index in [0.29, 0.717) is 11.4 Å². The number of carbonyl (C=O) groups excluding carboxylic acids is 1. The molecule has 3 heterocycles. The molecule has 1 saturated heterocycles. The highest BCUT2D eigenvalue weighted by Crippen LogP contribution is 2.21. The number of rotatable bonds is 6. The molecule has 0 saturated carbocycles. The first-order chi connectivity index (χ1) is 17.4. The maximum atomic E-state index is 12.8. The Kier molecular flexibility index (Phi) is 8.09. The molecule has 4 N–H and O–H groups in total. The molecular formula is C26H31N7O3. The Labute approximate surface area is 209 Å². The van der Waals surface area contributed by atoms with Gasteiger partial charge < -0.3 is 25.2 Å². The molecule has 10 nitrogen and oxygen atoms in total. The molecule has 36 heavy (non-hydrogen) atoms. The van der Waals surface area contributed by atoms with Crippen molar-refractivity contribution in [2.24, 2.45) is 0 Å². The standard InChI is InChI=1S/C25H29N7O.CH2O2/c1-17-15-23(30-29-17)24-27-21-8-5-19(16-22(21)28-24)25(33)26-20-6-3-18(4-7-20)9-10-32-13-11-31(2)12-14-32;2-1-3/h3-8,15-16H,9-14H2,1-2H3,(H,26,33)(H,27,28)(H,29,30);1H,(H,2,3). The summed E-state index contributed by atoms with van der Waals surface area (Å²) in [5.41, 5.74) is 5.98. The fourth-order valence-electron chi connectivity index (χ4n) is 4.13. The lowest BCUT2D eigenvalue weighted by atomic mass is 10.1. The van der Waals surface area contributed by atoms with Gasteiger partial charge in [-0.1, -0.05) is 12.1 Å². The second-order valence-electron chi connectivity index (χ2n) is 8.90. The number of nitrogens with zero attached hydrogens (tertiary/aromatic N) is 4. The molecule has 4 aromatic rings. The molecule has 188 valence electrons. The van der Waals surface area contributed by atoms with Crippen LogP contribution in [0.1, 0.15) is 21.6 Å². The van der Waals surface area contributed by atoms with E-state index in [1.165, 1.54) is 5.56 Å². The van der Waals surface area contributed by atoms with Crippen LogP contribution in [0, 0.1) is 6.92 Å². The van der Waals surface area contributed by atoms with Gasteiger partial charge in [0.25, 0.3) is 12.4 Å². The van der Waals surface area contributed by atoms with E-state index in [1.807, 2.05) is 37.3 Å². The molecule has 10 heteroatoms. The fourth-order valence-corrected chi connectivity index (χ4v) is 4.13. The van der Waals surface area contributed by atoms with Crippen LogP contribution in [0.3, 0.4) is 0 Å². The van der Waals surface area contributed by atoms with E-state index in [-0.39, 0.29) is 12.4 Å². The minimum absolute atomic E-state index is 0.145. The Morgan fingerprint density at radius 3 is 2.50 bits per heavy atom. The van der Waals surface area contributed by atoms with E-state index in [2.05, 4.69) is 54.5 Å². The maximum Gasteiger partial charge on any atom is 0.290 e. The van der Waals surface area contributed by atoms with Crippen LogP contribution in [-0.4, -0.2) is 87.2 Å². The number of aromatic nitrogens is 4. The number of hydrogen-bond acceptors (Lipinski definition) is 6. The molecule has 0 spiro atoms. The largest absolute Gasteiger partial charge is 0.483 e. The third-order valence-corrected chi connectivity index (χ3v) is 6.22. The van der Waals surface area contributed by atoms with Crippen LogP contribution in [0.25, 0.3) is 22.6 Å². The number of anilines is 1. The van der Waals surface area contributed by atoms with Crippen molar-refractivity contribution in [2.75, 3.05) is 45.1 Å². The minimum Gasteiger partial charge on any atom is -0.483 e. The molecular weight excluding hydrogens is 458 g/mol. The zero-order chi connectivity index (χ0) is 25.5. The number of imidazole rings is 1. The molecule has 0 unspecified atom stereocenters. The maximum absolute atomic E-state index is 12.8. The number of benzene rings is 2. The lowest BCUT2D eigenvalue weighted by Gasteiger charge is -2.32. The second-order valence-corrected chi connectivity index (χ2v) is 8.90. The van der Waals surface area contributed by atoms with Crippen molar-refractivity contribution in [2.45, 2.75) is 13.3 Å². The highest BCUT2D eigenvalue weighted by Gasteiger charge is 2.14. The minimum atomic E-state index is -0.250. The molecule has 0 radical (unpaired) electrons. The highest BCUT2D eigenvalue weighted by atomic mass is 16.3. The Morgan fingerprint density at radius 1 is 1.11 bits per heavy atom. The zero-order valence-electron chi connectivity index (χ0n) is 20.5. The number of piperazine rings is 1.